The maximum absolute atomic E-state index is 16.6. The Morgan fingerprint density at radius 1 is 0.322 bits per heavy atom. The first-order valence-electron chi connectivity index (χ1n) is 18.1. The first-order valence-corrected chi connectivity index (χ1v) is 18.1. The molecular weight excluding hydrogens is 796 g/mol. The van der Waals surface area contributed by atoms with Gasteiger partial charge >= 0.3 is 11.8 Å². The summed E-state index contributed by atoms with van der Waals surface area (Å²) in [5.41, 5.74) is -7.76. The molecule has 0 radical (unpaired) electrons. The number of alkyl halides is 12. The molecule has 0 N–H and O–H groups in total. The van der Waals surface area contributed by atoms with Gasteiger partial charge in [0.1, 0.15) is 11.2 Å². The fraction of sp³-hybridized carbons (Fsp3) is 0.217. The summed E-state index contributed by atoms with van der Waals surface area (Å²) in [4.78, 5) is 0. The highest BCUT2D eigenvalue weighted by Crippen LogP contribution is 2.56. The van der Waals surface area contributed by atoms with Gasteiger partial charge in [-0.15, -0.1) is 0 Å². The Balaban J connectivity index is 1.81. The quantitative estimate of drug-likeness (QED) is 0.0697. The predicted octanol–water partition coefficient (Wildman–Crippen LogP) is 13.5. The molecule has 0 amide bonds. The van der Waals surface area contributed by atoms with Crippen LogP contribution in [0.25, 0.3) is 0 Å². The Morgan fingerprint density at radius 2 is 0.559 bits per heavy atom. The summed E-state index contributed by atoms with van der Waals surface area (Å²) in [7, 11) is 0. The van der Waals surface area contributed by atoms with E-state index in [1.54, 1.807) is 24.3 Å². The van der Waals surface area contributed by atoms with Gasteiger partial charge in [-0.2, -0.15) is 17.6 Å². The third-order valence-corrected chi connectivity index (χ3v) is 10.1. The van der Waals surface area contributed by atoms with E-state index in [1.807, 2.05) is 0 Å². The van der Waals surface area contributed by atoms with E-state index in [1.165, 1.54) is 109 Å². The van der Waals surface area contributed by atoms with Gasteiger partial charge in [0.15, 0.2) is 12.3 Å². The minimum Gasteiger partial charge on any atom is -0.340 e. The Labute approximate surface area is 331 Å². The number of ether oxygens (including phenoxy) is 1. The van der Waals surface area contributed by atoms with Crippen molar-refractivity contribution in [3.05, 3.63) is 214 Å². The van der Waals surface area contributed by atoms with Crippen molar-refractivity contribution >= 4 is 0 Å². The molecule has 0 aliphatic carbocycles. The lowest BCUT2D eigenvalue weighted by atomic mass is 9.72. The average molecular weight is 831 g/mol. The van der Waals surface area contributed by atoms with Crippen LogP contribution in [-0.4, -0.2) is 37.0 Å². The SMILES string of the molecule is FC(F)C(F)C(F)(F)C(F)c1ccccc1C(OC(c1ccccc1)(c1ccccc1)c1ccccc1C(F)C(F)(F)C(F)C(F)F)(c1ccccc1)c1ccccc1. The lowest BCUT2D eigenvalue weighted by Crippen LogP contribution is -2.47. The molecule has 6 aromatic carbocycles. The van der Waals surface area contributed by atoms with Gasteiger partial charge in [0.25, 0.3) is 12.9 Å². The highest BCUT2D eigenvalue weighted by molar-refractivity contribution is 5.56. The Bertz CT molecular complexity index is 2020. The molecule has 4 atom stereocenters. The lowest BCUT2D eigenvalue weighted by molar-refractivity contribution is -0.169. The van der Waals surface area contributed by atoms with Crippen molar-refractivity contribution < 1.29 is 57.4 Å². The van der Waals surface area contributed by atoms with Crippen molar-refractivity contribution in [2.45, 2.75) is 60.6 Å². The molecule has 59 heavy (non-hydrogen) atoms. The van der Waals surface area contributed by atoms with Crippen LogP contribution in [0.5, 0.6) is 0 Å². The Hall–Kier alpha value is -5.56. The van der Waals surface area contributed by atoms with Gasteiger partial charge in [-0.25, -0.2) is 35.1 Å². The molecule has 6 aromatic rings. The molecule has 0 aliphatic rings. The maximum Gasteiger partial charge on any atom is 0.318 e. The Kier molecular flexibility index (Phi) is 12.7. The van der Waals surface area contributed by atoms with Gasteiger partial charge in [0.2, 0.25) is 12.3 Å². The highest BCUT2D eigenvalue weighted by atomic mass is 19.3. The minimum absolute atomic E-state index is 0.0391. The molecule has 4 unspecified atom stereocenters. The van der Waals surface area contributed by atoms with Gasteiger partial charge in [-0.3, -0.25) is 0 Å². The fourth-order valence-electron chi connectivity index (χ4n) is 7.33. The number of rotatable bonds is 16. The third-order valence-electron chi connectivity index (χ3n) is 10.1. The highest BCUT2D eigenvalue weighted by Gasteiger charge is 2.59. The van der Waals surface area contributed by atoms with Crippen molar-refractivity contribution in [2.24, 2.45) is 0 Å². The summed E-state index contributed by atoms with van der Waals surface area (Å²) in [6, 6.07) is 38.6. The molecule has 0 saturated heterocycles. The standard InChI is InChI=1S/C46H34F12O/c47-37(45(55,56)39(49)41(51)52)33-25-13-15-27-35(33)43(29-17-5-1-6-18-29,30-19-7-2-8-20-30)59-44(31-21-9-3-10-22-31,32-23-11-4-12-24-32)36-28-16-14-26-34(36)38(48)46(57,58)40(50)42(53)54/h1-28,37-42H. The second kappa shape index (κ2) is 17.3. The van der Waals surface area contributed by atoms with Crippen molar-refractivity contribution in [3.8, 4) is 0 Å². The Morgan fingerprint density at radius 3 is 0.814 bits per heavy atom. The van der Waals surface area contributed by atoms with Crippen LogP contribution in [-0.2, 0) is 15.9 Å². The van der Waals surface area contributed by atoms with Crippen molar-refractivity contribution in [3.63, 3.8) is 0 Å². The van der Waals surface area contributed by atoms with Crippen LogP contribution in [0.3, 0.4) is 0 Å². The molecule has 0 spiro atoms. The van der Waals surface area contributed by atoms with E-state index >= 15 is 26.3 Å². The number of hydrogen-bond acceptors (Lipinski definition) is 1. The molecule has 0 bridgehead atoms. The van der Waals surface area contributed by atoms with Crippen LogP contribution < -0.4 is 0 Å². The van der Waals surface area contributed by atoms with E-state index in [0.29, 0.717) is 0 Å². The summed E-state index contributed by atoms with van der Waals surface area (Å²) >= 11 is 0. The van der Waals surface area contributed by atoms with E-state index < -0.39 is 82.8 Å². The van der Waals surface area contributed by atoms with Gasteiger partial charge in [-0.05, 0) is 44.5 Å². The summed E-state index contributed by atoms with van der Waals surface area (Å²) in [5.74, 6) is -10.7. The number of hydrogen-bond donors (Lipinski definition) is 0. The van der Waals surface area contributed by atoms with Gasteiger partial charge < -0.3 is 4.74 Å². The van der Waals surface area contributed by atoms with E-state index in [9.17, 15) is 26.3 Å². The molecule has 0 saturated carbocycles. The summed E-state index contributed by atoms with van der Waals surface area (Å²) < 4.78 is 186. The lowest BCUT2D eigenvalue weighted by Gasteiger charge is -2.48. The average Bonchev–Trinajstić information content (AvgIpc) is 3.27. The zero-order chi connectivity index (χ0) is 42.6. The summed E-state index contributed by atoms with van der Waals surface area (Å²) in [5, 5.41) is 0. The molecule has 1 nitrogen and oxygen atoms in total. The summed E-state index contributed by atoms with van der Waals surface area (Å²) in [6.07, 6.45) is -24.6. The van der Waals surface area contributed by atoms with E-state index in [-0.39, 0.29) is 22.3 Å². The third kappa shape index (κ3) is 7.84. The second-order valence-electron chi connectivity index (χ2n) is 13.6. The first-order chi connectivity index (χ1) is 28.1. The number of benzene rings is 6. The molecule has 0 fully saturated rings. The molecule has 0 heterocycles. The normalized spacial score (nSPS) is 14.9. The molecule has 6 rings (SSSR count). The second-order valence-corrected chi connectivity index (χ2v) is 13.6. The summed E-state index contributed by atoms with van der Waals surface area (Å²) in [6.45, 7) is 0. The molecule has 0 aliphatic heterocycles. The number of halogens is 12. The molecule has 308 valence electrons. The van der Waals surface area contributed by atoms with E-state index in [4.69, 9.17) is 4.74 Å². The van der Waals surface area contributed by atoms with Crippen LogP contribution in [0.1, 0.15) is 56.9 Å². The maximum atomic E-state index is 16.6. The molecule has 13 heteroatoms. The fourth-order valence-corrected chi connectivity index (χ4v) is 7.33. The van der Waals surface area contributed by atoms with Gasteiger partial charge in [-0.1, -0.05) is 170 Å². The van der Waals surface area contributed by atoms with Crippen LogP contribution in [0.15, 0.2) is 170 Å². The van der Waals surface area contributed by atoms with E-state index in [2.05, 4.69) is 0 Å². The molecule has 0 aromatic heterocycles. The van der Waals surface area contributed by atoms with Crippen LogP contribution in [0, 0.1) is 0 Å². The van der Waals surface area contributed by atoms with Gasteiger partial charge in [0, 0.05) is 0 Å². The van der Waals surface area contributed by atoms with Crippen LogP contribution >= 0.6 is 0 Å². The van der Waals surface area contributed by atoms with Crippen LogP contribution in [0.4, 0.5) is 52.7 Å². The largest absolute Gasteiger partial charge is 0.340 e. The minimum atomic E-state index is -5.33. The van der Waals surface area contributed by atoms with Crippen LogP contribution in [0.2, 0.25) is 0 Å². The zero-order valence-electron chi connectivity index (χ0n) is 30.6. The first kappa shape index (κ1) is 43.0. The predicted molar refractivity (Wildman–Crippen MR) is 199 cm³/mol. The topological polar surface area (TPSA) is 9.23 Å². The zero-order valence-corrected chi connectivity index (χ0v) is 30.6. The van der Waals surface area contributed by atoms with Crippen molar-refractivity contribution in [2.75, 3.05) is 0 Å². The smallest absolute Gasteiger partial charge is 0.318 e. The van der Waals surface area contributed by atoms with Crippen molar-refractivity contribution in [1.29, 1.82) is 0 Å². The molecular formula is C46H34F12O. The van der Waals surface area contributed by atoms with Gasteiger partial charge in [0.05, 0.1) is 0 Å². The monoisotopic (exact) mass is 830 g/mol. The van der Waals surface area contributed by atoms with E-state index in [0.717, 1.165) is 36.4 Å². The van der Waals surface area contributed by atoms with Crippen molar-refractivity contribution in [1.82, 2.24) is 0 Å².